The van der Waals surface area contributed by atoms with Gasteiger partial charge in [-0.25, -0.2) is 0 Å². The van der Waals surface area contributed by atoms with E-state index in [0.29, 0.717) is 11.3 Å². The lowest BCUT2D eigenvalue weighted by Crippen LogP contribution is -2.45. The lowest BCUT2D eigenvalue weighted by molar-refractivity contribution is 0.355. The highest BCUT2D eigenvalue weighted by molar-refractivity contribution is 6.10. The van der Waals surface area contributed by atoms with E-state index < -0.39 is 0 Å². The monoisotopic (exact) mass is 407 g/mol. The van der Waals surface area contributed by atoms with E-state index in [2.05, 4.69) is 45.8 Å². The molecule has 0 radical (unpaired) electrons. The Kier molecular flexibility index (Phi) is 9.22. The van der Waals surface area contributed by atoms with Gasteiger partial charge in [0.05, 0.1) is 5.71 Å². The normalized spacial score (nSPS) is 14.7. The molecule has 0 aliphatic carbocycles. The van der Waals surface area contributed by atoms with Crippen molar-refractivity contribution < 1.29 is 5.11 Å². The summed E-state index contributed by atoms with van der Waals surface area (Å²) < 4.78 is 0. The van der Waals surface area contributed by atoms with E-state index in [1.165, 1.54) is 6.42 Å². The summed E-state index contributed by atoms with van der Waals surface area (Å²) in [5.74, 6) is 0.999. The van der Waals surface area contributed by atoms with Gasteiger partial charge in [-0.05, 0) is 43.7 Å². The van der Waals surface area contributed by atoms with Gasteiger partial charge in [-0.2, -0.15) is 0 Å². The van der Waals surface area contributed by atoms with Crippen molar-refractivity contribution in [2.45, 2.75) is 34.1 Å². The molecule has 2 heterocycles. The first-order chi connectivity index (χ1) is 14.5. The molecule has 1 fully saturated rings. The van der Waals surface area contributed by atoms with Crippen LogP contribution in [0, 0.1) is 6.92 Å². The van der Waals surface area contributed by atoms with Crippen LogP contribution < -0.4 is 5.32 Å². The highest BCUT2D eigenvalue weighted by Crippen LogP contribution is 2.27. The van der Waals surface area contributed by atoms with Crippen LogP contribution in [0.5, 0.6) is 5.75 Å². The largest absolute Gasteiger partial charge is 0.507 e. The SMILES string of the molecule is C=C/C(=N\N=C(/C)N1CCNCC1)c1ccc(-c2ccc(C)nc2)cc1O.CCC. The number of piperazine rings is 1. The van der Waals surface area contributed by atoms with E-state index in [1.807, 2.05) is 38.1 Å². The molecule has 6 heteroatoms. The Labute approximate surface area is 180 Å². The molecule has 1 aromatic carbocycles. The summed E-state index contributed by atoms with van der Waals surface area (Å²) in [6.45, 7) is 15.7. The molecular weight excluding hydrogens is 374 g/mol. The molecule has 2 N–H and O–H groups in total. The molecule has 1 aromatic heterocycles. The van der Waals surface area contributed by atoms with Crippen molar-refractivity contribution in [1.82, 2.24) is 15.2 Å². The molecule has 2 aromatic rings. The first kappa shape index (κ1) is 23.3. The summed E-state index contributed by atoms with van der Waals surface area (Å²) in [5.41, 5.74) is 3.94. The molecule has 0 amide bonds. The standard InChI is InChI=1S/C21H25N5O.C3H8/c1-4-20(25-24-16(3)26-11-9-22-10-12-26)19-8-7-17(13-21(19)27)18-6-5-15(2)23-14-18;1-3-2/h4-8,13-14,22,27H,1,9-12H2,2-3H3;3H2,1-2H3/b24-16+,25-20+;. The van der Waals surface area contributed by atoms with Crippen molar-refractivity contribution in [3.05, 3.63) is 60.4 Å². The van der Waals surface area contributed by atoms with Crippen LogP contribution in [0.2, 0.25) is 0 Å². The maximum Gasteiger partial charge on any atom is 0.125 e. The minimum absolute atomic E-state index is 0.141. The second-order valence-corrected chi connectivity index (χ2v) is 7.20. The predicted octanol–water partition coefficient (Wildman–Crippen LogP) is 4.39. The van der Waals surface area contributed by atoms with E-state index in [4.69, 9.17) is 0 Å². The Morgan fingerprint density at radius 3 is 2.40 bits per heavy atom. The zero-order valence-electron chi connectivity index (χ0n) is 18.5. The molecule has 0 bridgehead atoms. The van der Waals surface area contributed by atoms with E-state index in [-0.39, 0.29) is 5.75 Å². The van der Waals surface area contributed by atoms with Crippen molar-refractivity contribution >= 4 is 11.5 Å². The Morgan fingerprint density at radius 1 is 1.17 bits per heavy atom. The molecular formula is C24H33N5O. The fourth-order valence-corrected chi connectivity index (χ4v) is 2.95. The van der Waals surface area contributed by atoms with Gasteiger partial charge in [-0.3, -0.25) is 4.98 Å². The number of phenolic OH excluding ortho intramolecular Hbond substituents is 1. The zero-order chi connectivity index (χ0) is 21.9. The van der Waals surface area contributed by atoms with Crippen LogP contribution in [0.3, 0.4) is 0 Å². The minimum atomic E-state index is 0.141. The molecule has 0 saturated carbocycles. The lowest BCUT2D eigenvalue weighted by atomic mass is 10.0. The van der Waals surface area contributed by atoms with Gasteiger partial charge in [0.25, 0.3) is 0 Å². The molecule has 0 unspecified atom stereocenters. The van der Waals surface area contributed by atoms with Gasteiger partial charge in [-0.15, -0.1) is 10.2 Å². The highest BCUT2D eigenvalue weighted by atomic mass is 16.3. The third kappa shape index (κ3) is 6.52. The molecule has 3 rings (SSSR count). The maximum absolute atomic E-state index is 10.5. The number of hydrogen-bond donors (Lipinski definition) is 2. The number of aromatic nitrogens is 1. The molecule has 160 valence electrons. The first-order valence-electron chi connectivity index (χ1n) is 10.5. The maximum atomic E-state index is 10.5. The van der Waals surface area contributed by atoms with Gasteiger partial charge in [0, 0.05) is 49.2 Å². The number of aromatic hydroxyl groups is 1. The van der Waals surface area contributed by atoms with Gasteiger partial charge >= 0.3 is 0 Å². The average Bonchev–Trinajstić information content (AvgIpc) is 2.76. The van der Waals surface area contributed by atoms with Crippen LogP contribution in [0.25, 0.3) is 11.1 Å². The van der Waals surface area contributed by atoms with Crippen LogP contribution in [0.1, 0.15) is 38.4 Å². The van der Waals surface area contributed by atoms with Crippen LogP contribution in [-0.4, -0.2) is 52.7 Å². The van der Waals surface area contributed by atoms with Crippen molar-refractivity contribution in [3.8, 4) is 16.9 Å². The summed E-state index contributed by atoms with van der Waals surface area (Å²) in [7, 11) is 0. The number of amidine groups is 1. The number of nitrogens with zero attached hydrogens (tertiary/aromatic N) is 4. The Hall–Kier alpha value is -2.99. The van der Waals surface area contributed by atoms with E-state index >= 15 is 0 Å². The summed E-state index contributed by atoms with van der Waals surface area (Å²) in [4.78, 5) is 6.49. The van der Waals surface area contributed by atoms with Crippen LogP contribution in [-0.2, 0) is 0 Å². The zero-order valence-corrected chi connectivity index (χ0v) is 18.5. The number of benzene rings is 1. The number of allylic oxidation sites excluding steroid dienone is 1. The topological polar surface area (TPSA) is 73.1 Å². The van der Waals surface area contributed by atoms with Gasteiger partial charge < -0.3 is 15.3 Å². The van der Waals surface area contributed by atoms with Crippen molar-refractivity contribution in [2.24, 2.45) is 10.2 Å². The highest BCUT2D eigenvalue weighted by Gasteiger charge is 2.12. The third-order valence-corrected chi connectivity index (χ3v) is 4.59. The molecule has 1 aliphatic rings. The molecule has 1 aliphatic heterocycles. The molecule has 0 spiro atoms. The number of pyridine rings is 1. The van der Waals surface area contributed by atoms with Gasteiger partial charge in [0.1, 0.15) is 11.6 Å². The molecule has 6 nitrogen and oxygen atoms in total. The fourth-order valence-electron chi connectivity index (χ4n) is 2.95. The van der Waals surface area contributed by atoms with Gasteiger partial charge in [-0.1, -0.05) is 39.0 Å². The second kappa shape index (κ2) is 11.9. The van der Waals surface area contributed by atoms with Gasteiger partial charge in [0.2, 0.25) is 0 Å². The van der Waals surface area contributed by atoms with Crippen LogP contribution >= 0.6 is 0 Å². The molecule has 0 atom stereocenters. The third-order valence-electron chi connectivity index (χ3n) is 4.59. The number of nitrogens with one attached hydrogen (secondary N) is 1. The minimum Gasteiger partial charge on any atom is -0.507 e. The summed E-state index contributed by atoms with van der Waals surface area (Å²) in [6.07, 6.45) is 4.66. The number of hydrogen-bond acceptors (Lipinski definition) is 5. The summed E-state index contributed by atoms with van der Waals surface area (Å²) in [6, 6.07) is 9.42. The van der Waals surface area contributed by atoms with Gasteiger partial charge in [0.15, 0.2) is 0 Å². The van der Waals surface area contributed by atoms with Crippen LogP contribution in [0.15, 0.2) is 59.4 Å². The number of aryl methyl sites for hydroxylation is 1. The van der Waals surface area contributed by atoms with Crippen molar-refractivity contribution in [2.75, 3.05) is 26.2 Å². The van der Waals surface area contributed by atoms with E-state index in [0.717, 1.165) is 48.8 Å². The number of phenols is 1. The predicted molar refractivity (Wildman–Crippen MR) is 126 cm³/mol. The first-order valence-corrected chi connectivity index (χ1v) is 10.5. The van der Waals surface area contributed by atoms with Crippen molar-refractivity contribution in [1.29, 1.82) is 0 Å². The molecule has 30 heavy (non-hydrogen) atoms. The summed E-state index contributed by atoms with van der Waals surface area (Å²) in [5, 5.41) is 22.5. The Morgan fingerprint density at radius 2 is 1.83 bits per heavy atom. The fraction of sp³-hybridized carbons (Fsp3) is 0.375. The Balaban J connectivity index is 0.00000101. The smallest absolute Gasteiger partial charge is 0.125 e. The average molecular weight is 408 g/mol. The van der Waals surface area contributed by atoms with E-state index in [9.17, 15) is 5.11 Å². The van der Waals surface area contributed by atoms with E-state index in [1.54, 1.807) is 18.3 Å². The second-order valence-electron chi connectivity index (χ2n) is 7.20. The Bertz CT molecular complexity index is 881. The molecule has 1 saturated heterocycles. The quantitative estimate of drug-likeness (QED) is 0.448. The number of rotatable bonds is 4. The lowest BCUT2D eigenvalue weighted by Gasteiger charge is -2.28. The summed E-state index contributed by atoms with van der Waals surface area (Å²) >= 11 is 0. The van der Waals surface area contributed by atoms with Crippen LogP contribution in [0.4, 0.5) is 0 Å². The van der Waals surface area contributed by atoms with Crippen molar-refractivity contribution in [3.63, 3.8) is 0 Å².